The summed E-state index contributed by atoms with van der Waals surface area (Å²) in [6, 6.07) is 11.5. The second kappa shape index (κ2) is 12.3. The largest absolute Gasteiger partial charge is 0.453 e. The highest BCUT2D eigenvalue weighted by molar-refractivity contribution is 6.32. The topological polar surface area (TPSA) is 144 Å². The molecule has 0 saturated carbocycles. The first kappa shape index (κ1) is 28.3. The van der Waals surface area contributed by atoms with Crippen LogP contribution in [0.5, 0.6) is 11.5 Å². The van der Waals surface area contributed by atoms with Gasteiger partial charge in [-0.1, -0.05) is 37.9 Å². The van der Waals surface area contributed by atoms with Gasteiger partial charge in [0.05, 0.1) is 34.0 Å². The molecule has 0 saturated heterocycles. The molecule has 2 unspecified atom stereocenters. The number of rotatable bonds is 9. The molecule has 0 bridgehead atoms. The number of nitriles is 2. The number of aryl methyl sites for hydroxylation is 1. The Labute approximate surface area is 223 Å². The Morgan fingerprint density at radius 3 is 2.47 bits per heavy atom. The van der Waals surface area contributed by atoms with Crippen molar-refractivity contribution in [2.75, 3.05) is 0 Å². The number of carbonyl (C=O) groups excluding carboxylic acids is 1. The summed E-state index contributed by atoms with van der Waals surface area (Å²) in [5.74, 6) is -1.75. The molecule has 1 aromatic heterocycles. The van der Waals surface area contributed by atoms with Crippen LogP contribution in [0.3, 0.4) is 0 Å². The van der Waals surface area contributed by atoms with E-state index in [2.05, 4.69) is 5.10 Å². The summed E-state index contributed by atoms with van der Waals surface area (Å²) in [5.41, 5.74) is 6.56. The van der Waals surface area contributed by atoms with Gasteiger partial charge in [-0.05, 0) is 48.7 Å². The molecule has 0 spiro atoms. The highest BCUT2D eigenvalue weighted by Gasteiger charge is 2.22. The zero-order valence-electron chi connectivity index (χ0n) is 21.0. The standard InChI is InChI=1S/C27H25ClFN5O4/c1-4-15(2)24(32)27(36)37-14-34-26(35)16(3)7-20(33-34)11-19-5-6-22(28)25(23(19)29)38-21-9-17(12-30)8-18(10-21)13-31/h5-10,15,24H,4,11,14,32H2,1-3H3. The van der Waals surface area contributed by atoms with Crippen molar-refractivity contribution in [1.82, 2.24) is 9.78 Å². The van der Waals surface area contributed by atoms with E-state index in [0.29, 0.717) is 17.7 Å². The average Bonchev–Trinajstić information content (AvgIpc) is 2.92. The van der Waals surface area contributed by atoms with E-state index >= 15 is 4.39 Å². The first-order valence-electron chi connectivity index (χ1n) is 11.7. The lowest BCUT2D eigenvalue weighted by atomic mass is 10.0. The molecule has 196 valence electrons. The van der Waals surface area contributed by atoms with Gasteiger partial charge in [0.2, 0.25) is 0 Å². The number of ether oxygens (including phenoxy) is 2. The quantitative estimate of drug-likeness (QED) is 0.397. The third kappa shape index (κ3) is 6.54. The van der Waals surface area contributed by atoms with Gasteiger partial charge in [-0.15, -0.1) is 0 Å². The molecular weight excluding hydrogens is 513 g/mol. The Kier molecular flexibility index (Phi) is 9.19. The first-order valence-corrected chi connectivity index (χ1v) is 12.1. The lowest BCUT2D eigenvalue weighted by Crippen LogP contribution is -2.39. The van der Waals surface area contributed by atoms with Gasteiger partial charge >= 0.3 is 5.97 Å². The van der Waals surface area contributed by atoms with Crippen LogP contribution < -0.4 is 16.0 Å². The maximum absolute atomic E-state index is 15.5. The zero-order chi connectivity index (χ0) is 28.0. The lowest BCUT2D eigenvalue weighted by Gasteiger charge is -2.17. The van der Waals surface area contributed by atoms with Crippen LogP contribution in [-0.2, 0) is 22.7 Å². The van der Waals surface area contributed by atoms with E-state index < -0.39 is 30.1 Å². The molecule has 11 heteroatoms. The van der Waals surface area contributed by atoms with Gasteiger partial charge in [-0.3, -0.25) is 9.59 Å². The molecule has 2 atom stereocenters. The minimum atomic E-state index is -0.834. The van der Waals surface area contributed by atoms with Crippen molar-refractivity contribution in [1.29, 1.82) is 10.5 Å². The molecule has 1 heterocycles. The summed E-state index contributed by atoms with van der Waals surface area (Å²) >= 11 is 6.19. The van der Waals surface area contributed by atoms with Crippen LogP contribution in [0.15, 0.2) is 41.2 Å². The summed E-state index contributed by atoms with van der Waals surface area (Å²) in [5, 5.41) is 22.6. The predicted octanol–water partition coefficient (Wildman–Crippen LogP) is 4.34. The van der Waals surface area contributed by atoms with Crippen molar-refractivity contribution in [3.63, 3.8) is 0 Å². The normalized spacial score (nSPS) is 12.2. The molecule has 2 aromatic carbocycles. The number of halogens is 2. The van der Waals surface area contributed by atoms with E-state index in [-0.39, 0.29) is 45.6 Å². The van der Waals surface area contributed by atoms with Crippen LogP contribution in [-0.4, -0.2) is 21.8 Å². The number of benzene rings is 2. The Morgan fingerprint density at radius 2 is 1.87 bits per heavy atom. The van der Waals surface area contributed by atoms with Gasteiger partial charge < -0.3 is 15.2 Å². The van der Waals surface area contributed by atoms with E-state index in [1.807, 2.05) is 26.0 Å². The zero-order valence-corrected chi connectivity index (χ0v) is 21.8. The maximum atomic E-state index is 15.5. The molecule has 0 aliphatic carbocycles. The van der Waals surface area contributed by atoms with Crippen molar-refractivity contribution in [3.05, 3.63) is 85.5 Å². The third-order valence-corrected chi connectivity index (χ3v) is 6.25. The molecule has 38 heavy (non-hydrogen) atoms. The number of nitrogens with zero attached hydrogens (tertiary/aromatic N) is 4. The molecule has 3 rings (SSSR count). The summed E-state index contributed by atoms with van der Waals surface area (Å²) < 4.78 is 27.3. The molecule has 9 nitrogen and oxygen atoms in total. The van der Waals surface area contributed by atoms with Gasteiger partial charge in [0.25, 0.3) is 5.56 Å². The van der Waals surface area contributed by atoms with E-state index in [1.165, 1.54) is 36.4 Å². The second-order valence-corrected chi connectivity index (χ2v) is 9.13. The fourth-order valence-corrected chi connectivity index (χ4v) is 3.71. The Morgan fingerprint density at radius 1 is 1.21 bits per heavy atom. The second-order valence-electron chi connectivity index (χ2n) is 8.73. The highest BCUT2D eigenvalue weighted by Crippen LogP contribution is 2.35. The number of aromatic nitrogens is 2. The first-order chi connectivity index (χ1) is 18.1. The van der Waals surface area contributed by atoms with Gasteiger partial charge in [-0.2, -0.15) is 20.3 Å². The predicted molar refractivity (Wildman–Crippen MR) is 137 cm³/mol. The van der Waals surface area contributed by atoms with E-state index in [0.717, 1.165) is 4.68 Å². The number of nitrogens with two attached hydrogens (primary N) is 1. The summed E-state index contributed by atoms with van der Waals surface area (Å²) in [4.78, 5) is 24.8. The number of esters is 1. The van der Waals surface area contributed by atoms with E-state index in [1.54, 1.807) is 6.92 Å². The SMILES string of the molecule is CCC(C)C(N)C(=O)OCn1nc(Cc2ccc(Cl)c(Oc3cc(C#N)cc(C#N)c3)c2F)cc(C)c1=O. The van der Waals surface area contributed by atoms with Crippen molar-refractivity contribution in [2.24, 2.45) is 11.7 Å². The van der Waals surface area contributed by atoms with E-state index in [4.69, 9.17) is 26.8 Å². The summed E-state index contributed by atoms with van der Waals surface area (Å²) in [6.07, 6.45) is 0.646. The summed E-state index contributed by atoms with van der Waals surface area (Å²) in [6.45, 7) is 4.85. The van der Waals surface area contributed by atoms with Crippen molar-refractivity contribution < 1.29 is 18.7 Å². The van der Waals surface area contributed by atoms with Crippen LogP contribution in [0.2, 0.25) is 5.02 Å². The summed E-state index contributed by atoms with van der Waals surface area (Å²) in [7, 11) is 0. The number of carbonyl (C=O) groups is 1. The van der Waals surface area contributed by atoms with Crippen LogP contribution >= 0.6 is 11.6 Å². The minimum Gasteiger partial charge on any atom is -0.453 e. The lowest BCUT2D eigenvalue weighted by molar-refractivity contribution is -0.151. The molecule has 3 aromatic rings. The average molecular weight is 538 g/mol. The van der Waals surface area contributed by atoms with Gasteiger partial charge in [0.15, 0.2) is 18.3 Å². The van der Waals surface area contributed by atoms with Crippen molar-refractivity contribution >= 4 is 17.6 Å². The molecule has 2 N–H and O–H groups in total. The molecular formula is C27H25ClFN5O4. The van der Waals surface area contributed by atoms with Gasteiger partial charge in [0.1, 0.15) is 11.8 Å². The maximum Gasteiger partial charge on any atom is 0.324 e. The molecule has 0 radical (unpaired) electrons. The van der Waals surface area contributed by atoms with Crippen molar-refractivity contribution in [2.45, 2.75) is 46.4 Å². The number of hydrogen-bond acceptors (Lipinski definition) is 8. The van der Waals surface area contributed by atoms with Crippen LogP contribution in [0.25, 0.3) is 0 Å². The Bertz CT molecular complexity index is 1480. The third-order valence-electron chi connectivity index (χ3n) is 5.95. The molecule has 0 aliphatic heterocycles. The number of hydrogen-bond donors (Lipinski definition) is 1. The van der Waals surface area contributed by atoms with Crippen LogP contribution in [0.4, 0.5) is 4.39 Å². The molecule has 0 amide bonds. The van der Waals surface area contributed by atoms with Crippen molar-refractivity contribution in [3.8, 4) is 23.6 Å². The van der Waals surface area contributed by atoms with Crippen LogP contribution in [0, 0.1) is 41.3 Å². The minimum absolute atomic E-state index is 0.0224. The fraction of sp³-hybridized carbons (Fsp3) is 0.296. The van der Waals surface area contributed by atoms with Gasteiger partial charge in [-0.25, -0.2) is 4.39 Å². The van der Waals surface area contributed by atoms with Gasteiger partial charge in [0, 0.05) is 12.0 Å². The monoisotopic (exact) mass is 537 g/mol. The Balaban J connectivity index is 1.87. The van der Waals surface area contributed by atoms with E-state index in [9.17, 15) is 20.1 Å². The highest BCUT2D eigenvalue weighted by atomic mass is 35.5. The molecule has 0 fully saturated rings. The Hall–Kier alpha value is -4.25. The van der Waals surface area contributed by atoms with Crippen LogP contribution in [0.1, 0.15) is 48.2 Å². The molecule has 0 aliphatic rings. The smallest absolute Gasteiger partial charge is 0.324 e. The fourth-order valence-electron chi connectivity index (χ4n) is 3.53.